The van der Waals surface area contributed by atoms with Crippen LogP contribution in [0, 0.1) is 17.2 Å². The van der Waals surface area contributed by atoms with Gasteiger partial charge in [0.15, 0.2) is 11.5 Å². The highest BCUT2D eigenvalue weighted by atomic mass is 16.5. The van der Waals surface area contributed by atoms with Crippen LogP contribution >= 0.6 is 0 Å². The molecule has 0 atom stereocenters. The van der Waals surface area contributed by atoms with E-state index in [0.717, 1.165) is 25.9 Å². The van der Waals surface area contributed by atoms with E-state index in [1.165, 1.54) is 0 Å². The Morgan fingerprint density at radius 2 is 2.11 bits per heavy atom. The fourth-order valence-electron chi connectivity index (χ4n) is 2.34. The molecular weight excluding hydrogens is 240 g/mol. The lowest BCUT2D eigenvalue weighted by molar-refractivity contribution is 0.157. The van der Waals surface area contributed by atoms with Crippen molar-refractivity contribution in [2.24, 2.45) is 5.92 Å². The number of hydrogen-bond donors (Lipinski definition) is 0. The molecule has 1 fully saturated rings. The van der Waals surface area contributed by atoms with Gasteiger partial charge >= 0.3 is 0 Å². The van der Waals surface area contributed by atoms with Crippen LogP contribution in [0.3, 0.4) is 0 Å². The summed E-state index contributed by atoms with van der Waals surface area (Å²) in [6, 6.07) is 7.54. The van der Waals surface area contributed by atoms with Gasteiger partial charge in [0, 0.05) is 0 Å². The molecule has 2 rings (SSSR count). The molecule has 1 aliphatic rings. The molecule has 102 valence electrons. The minimum atomic E-state index is 0.535. The van der Waals surface area contributed by atoms with E-state index in [0.29, 0.717) is 29.6 Å². The second-order valence-electron chi connectivity index (χ2n) is 5.01. The number of para-hydroxylation sites is 1. The molecule has 0 aliphatic carbocycles. The van der Waals surface area contributed by atoms with Crippen molar-refractivity contribution >= 4 is 0 Å². The maximum atomic E-state index is 9.12. The fourth-order valence-corrected chi connectivity index (χ4v) is 2.34. The van der Waals surface area contributed by atoms with Crippen molar-refractivity contribution in [3.8, 4) is 17.6 Å². The largest absolute Gasteiger partial charge is 0.493 e. The van der Waals surface area contributed by atoms with E-state index in [-0.39, 0.29) is 0 Å². The van der Waals surface area contributed by atoms with Crippen LogP contribution in [0.2, 0.25) is 0 Å². The molecule has 1 aromatic carbocycles. The predicted molar refractivity (Wildman–Crippen MR) is 73.4 cm³/mol. The third-order valence-electron chi connectivity index (χ3n) is 3.62. The molecule has 0 amide bonds. The molecule has 0 aromatic heterocycles. The standard InChI is InChI=1S/C15H20N2O2/c1-17-8-6-12(7-9-17)11-19-15-13(10-16)4-3-5-14(15)18-2/h3-5,12H,6-9,11H2,1-2H3. The summed E-state index contributed by atoms with van der Waals surface area (Å²) >= 11 is 0. The molecule has 0 radical (unpaired) electrons. The van der Waals surface area contributed by atoms with Crippen LogP contribution in [0.4, 0.5) is 0 Å². The first-order valence-electron chi connectivity index (χ1n) is 6.63. The molecule has 4 heteroatoms. The summed E-state index contributed by atoms with van der Waals surface area (Å²) in [6.45, 7) is 2.89. The first kappa shape index (κ1) is 13.7. The van der Waals surface area contributed by atoms with Gasteiger partial charge in [0.1, 0.15) is 6.07 Å². The molecule has 1 aromatic rings. The zero-order chi connectivity index (χ0) is 13.7. The third-order valence-corrected chi connectivity index (χ3v) is 3.62. The van der Waals surface area contributed by atoms with Crippen LogP contribution in [0.25, 0.3) is 0 Å². The summed E-state index contributed by atoms with van der Waals surface area (Å²) in [4.78, 5) is 2.33. The third kappa shape index (κ3) is 3.39. The number of benzene rings is 1. The first-order chi connectivity index (χ1) is 9.24. The molecular formula is C15H20N2O2. The SMILES string of the molecule is COc1cccc(C#N)c1OCC1CCN(C)CC1. The second-order valence-corrected chi connectivity index (χ2v) is 5.01. The van der Waals surface area contributed by atoms with Crippen molar-refractivity contribution in [1.29, 1.82) is 5.26 Å². The molecule has 19 heavy (non-hydrogen) atoms. The molecule has 0 bridgehead atoms. The van der Waals surface area contributed by atoms with Gasteiger partial charge in [-0.25, -0.2) is 0 Å². The molecule has 1 saturated heterocycles. The number of nitrogens with zero attached hydrogens (tertiary/aromatic N) is 2. The number of rotatable bonds is 4. The van der Waals surface area contributed by atoms with Crippen molar-refractivity contribution < 1.29 is 9.47 Å². The predicted octanol–water partition coefficient (Wildman–Crippen LogP) is 2.29. The van der Waals surface area contributed by atoms with E-state index in [9.17, 15) is 0 Å². The van der Waals surface area contributed by atoms with Crippen LogP contribution in [0.5, 0.6) is 11.5 Å². The number of hydrogen-bond acceptors (Lipinski definition) is 4. The van der Waals surface area contributed by atoms with E-state index in [1.54, 1.807) is 19.2 Å². The second kappa shape index (κ2) is 6.44. The molecule has 0 spiro atoms. The van der Waals surface area contributed by atoms with Crippen molar-refractivity contribution in [1.82, 2.24) is 4.90 Å². The Balaban J connectivity index is 2.01. The normalized spacial score (nSPS) is 16.9. The Bertz CT molecular complexity index is 460. The minimum Gasteiger partial charge on any atom is -0.493 e. The van der Waals surface area contributed by atoms with Crippen LogP contribution in [-0.2, 0) is 0 Å². The highest BCUT2D eigenvalue weighted by molar-refractivity contribution is 5.52. The maximum absolute atomic E-state index is 9.12. The zero-order valence-corrected chi connectivity index (χ0v) is 11.6. The van der Waals surface area contributed by atoms with Crippen molar-refractivity contribution in [2.45, 2.75) is 12.8 Å². The summed E-state index contributed by atoms with van der Waals surface area (Å²) in [6.07, 6.45) is 2.29. The van der Waals surface area contributed by atoms with Gasteiger partial charge in [-0.15, -0.1) is 0 Å². The number of methoxy groups -OCH3 is 1. The van der Waals surface area contributed by atoms with E-state index < -0.39 is 0 Å². The average molecular weight is 260 g/mol. The Morgan fingerprint density at radius 3 is 2.74 bits per heavy atom. The van der Waals surface area contributed by atoms with Crippen LogP contribution in [-0.4, -0.2) is 38.8 Å². The van der Waals surface area contributed by atoms with Gasteiger partial charge in [-0.2, -0.15) is 5.26 Å². The molecule has 4 nitrogen and oxygen atoms in total. The maximum Gasteiger partial charge on any atom is 0.178 e. The molecule has 1 heterocycles. The number of nitriles is 1. The summed E-state index contributed by atoms with van der Waals surface area (Å²) in [5, 5.41) is 9.12. The van der Waals surface area contributed by atoms with Gasteiger partial charge in [0.2, 0.25) is 0 Å². The summed E-state index contributed by atoms with van der Waals surface area (Å²) in [5.74, 6) is 1.77. The Labute approximate surface area is 114 Å². The summed E-state index contributed by atoms with van der Waals surface area (Å²) in [5.41, 5.74) is 0.535. The molecule has 0 N–H and O–H groups in total. The average Bonchev–Trinajstić information content (AvgIpc) is 2.46. The number of ether oxygens (including phenoxy) is 2. The van der Waals surface area contributed by atoms with Gasteiger partial charge in [0.25, 0.3) is 0 Å². The minimum absolute atomic E-state index is 0.535. The summed E-state index contributed by atoms with van der Waals surface area (Å²) < 4.78 is 11.1. The first-order valence-corrected chi connectivity index (χ1v) is 6.63. The quantitative estimate of drug-likeness (QED) is 0.833. The molecule has 0 saturated carbocycles. The van der Waals surface area contributed by atoms with Gasteiger partial charge in [0.05, 0.1) is 19.3 Å². The van der Waals surface area contributed by atoms with Crippen molar-refractivity contribution in [3.63, 3.8) is 0 Å². The smallest absolute Gasteiger partial charge is 0.178 e. The van der Waals surface area contributed by atoms with Gasteiger partial charge in [-0.1, -0.05) is 6.07 Å². The van der Waals surface area contributed by atoms with E-state index in [2.05, 4.69) is 18.0 Å². The van der Waals surface area contributed by atoms with Crippen LogP contribution < -0.4 is 9.47 Å². The number of piperidine rings is 1. The Kier molecular flexibility index (Phi) is 4.64. The van der Waals surface area contributed by atoms with E-state index >= 15 is 0 Å². The number of likely N-dealkylation sites (tertiary alicyclic amines) is 1. The molecule has 1 aliphatic heterocycles. The van der Waals surface area contributed by atoms with E-state index in [1.807, 2.05) is 6.07 Å². The van der Waals surface area contributed by atoms with Gasteiger partial charge < -0.3 is 14.4 Å². The molecule has 0 unspecified atom stereocenters. The van der Waals surface area contributed by atoms with Crippen molar-refractivity contribution in [3.05, 3.63) is 23.8 Å². The highest BCUT2D eigenvalue weighted by Gasteiger charge is 2.19. The van der Waals surface area contributed by atoms with Crippen molar-refractivity contribution in [2.75, 3.05) is 33.9 Å². The lowest BCUT2D eigenvalue weighted by Gasteiger charge is -2.29. The van der Waals surface area contributed by atoms with E-state index in [4.69, 9.17) is 14.7 Å². The monoisotopic (exact) mass is 260 g/mol. The fraction of sp³-hybridized carbons (Fsp3) is 0.533. The van der Waals surface area contributed by atoms with Crippen LogP contribution in [0.1, 0.15) is 18.4 Å². The lowest BCUT2D eigenvalue weighted by Crippen LogP contribution is -2.32. The lowest BCUT2D eigenvalue weighted by atomic mass is 9.98. The topological polar surface area (TPSA) is 45.5 Å². The van der Waals surface area contributed by atoms with Crippen LogP contribution in [0.15, 0.2) is 18.2 Å². The highest BCUT2D eigenvalue weighted by Crippen LogP contribution is 2.31. The van der Waals surface area contributed by atoms with Gasteiger partial charge in [-0.05, 0) is 51.0 Å². The van der Waals surface area contributed by atoms with Gasteiger partial charge in [-0.3, -0.25) is 0 Å². The zero-order valence-electron chi connectivity index (χ0n) is 11.6. The Morgan fingerprint density at radius 1 is 1.37 bits per heavy atom. The Hall–Kier alpha value is -1.73. The summed E-state index contributed by atoms with van der Waals surface area (Å²) in [7, 11) is 3.74.